The monoisotopic (exact) mass is 228 g/mol. The third-order valence-corrected chi connectivity index (χ3v) is 2.68. The van der Waals surface area contributed by atoms with Gasteiger partial charge < -0.3 is 4.98 Å². The van der Waals surface area contributed by atoms with Crippen molar-refractivity contribution in [2.24, 2.45) is 0 Å². The lowest BCUT2D eigenvalue weighted by molar-refractivity contribution is 0.485. The molecule has 0 amide bonds. The average molecular weight is 228 g/mol. The van der Waals surface area contributed by atoms with E-state index in [1.54, 1.807) is 0 Å². The van der Waals surface area contributed by atoms with Gasteiger partial charge >= 0.3 is 0 Å². The van der Waals surface area contributed by atoms with Crippen LogP contribution in [0.4, 0.5) is 0 Å². The summed E-state index contributed by atoms with van der Waals surface area (Å²) in [6.45, 7) is 6.35. The number of imidazole rings is 1. The lowest BCUT2D eigenvalue weighted by Crippen LogP contribution is -2.36. The molecule has 0 fully saturated rings. The van der Waals surface area contributed by atoms with Gasteiger partial charge in [0.2, 0.25) is 0 Å². The van der Waals surface area contributed by atoms with E-state index in [-0.39, 0.29) is 0 Å². The summed E-state index contributed by atoms with van der Waals surface area (Å²) >= 11 is 0. The summed E-state index contributed by atoms with van der Waals surface area (Å²) in [6, 6.07) is 8.31. The first-order chi connectivity index (χ1) is 8.00. The van der Waals surface area contributed by atoms with Crippen LogP contribution in [0.1, 0.15) is 25.2 Å². The van der Waals surface area contributed by atoms with E-state index in [0.29, 0.717) is 6.54 Å². The van der Waals surface area contributed by atoms with Crippen LogP contribution < -0.4 is 5.32 Å². The predicted molar refractivity (Wildman–Crippen MR) is 67.4 cm³/mol. The number of aromatic nitrogens is 2. The number of H-pyrrole nitrogens is 1. The number of hydrogen-bond acceptors (Lipinski definition) is 3. The molecular weight excluding hydrogens is 212 g/mol. The Morgan fingerprint density at radius 1 is 1.47 bits per heavy atom. The van der Waals surface area contributed by atoms with Crippen molar-refractivity contribution in [1.82, 2.24) is 15.3 Å². The Hall–Kier alpha value is -1.86. The summed E-state index contributed by atoms with van der Waals surface area (Å²) in [7, 11) is 0. The van der Waals surface area contributed by atoms with Crippen molar-refractivity contribution < 1.29 is 0 Å². The number of nitriles is 1. The van der Waals surface area contributed by atoms with Gasteiger partial charge in [0, 0.05) is 6.54 Å². The fourth-order valence-electron chi connectivity index (χ4n) is 1.66. The van der Waals surface area contributed by atoms with Crippen LogP contribution in [0.3, 0.4) is 0 Å². The van der Waals surface area contributed by atoms with Crippen LogP contribution in [-0.4, -0.2) is 15.5 Å². The summed E-state index contributed by atoms with van der Waals surface area (Å²) in [5.41, 5.74) is 2.66. The summed E-state index contributed by atoms with van der Waals surface area (Å²) in [6.07, 6.45) is 0. The molecule has 0 atom stereocenters. The fraction of sp³-hybridized carbons (Fsp3) is 0.385. The van der Waals surface area contributed by atoms with E-state index in [0.717, 1.165) is 22.4 Å². The molecule has 4 heteroatoms. The van der Waals surface area contributed by atoms with Crippen molar-refractivity contribution in [3.8, 4) is 6.07 Å². The topological polar surface area (TPSA) is 64.5 Å². The first kappa shape index (κ1) is 11.6. The molecule has 2 rings (SSSR count). The smallest absolute Gasteiger partial charge is 0.104 e. The second-order valence-corrected chi connectivity index (χ2v) is 4.76. The predicted octanol–water partition coefficient (Wildman–Crippen LogP) is 2.26. The molecule has 1 aromatic carbocycles. The largest absolute Gasteiger partial charge is 0.342 e. The van der Waals surface area contributed by atoms with Gasteiger partial charge in [0.05, 0.1) is 17.1 Å². The molecule has 0 saturated heterocycles. The highest BCUT2D eigenvalue weighted by Crippen LogP contribution is 2.14. The number of rotatable bonds is 3. The van der Waals surface area contributed by atoms with Gasteiger partial charge in [0.25, 0.3) is 0 Å². The Morgan fingerprint density at radius 3 is 2.94 bits per heavy atom. The number of nitrogens with zero attached hydrogens (tertiary/aromatic N) is 2. The number of aryl methyl sites for hydroxylation is 1. The van der Waals surface area contributed by atoms with E-state index in [1.807, 2.05) is 32.9 Å². The van der Waals surface area contributed by atoms with Gasteiger partial charge in [-0.25, -0.2) is 4.98 Å². The molecule has 17 heavy (non-hydrogen) atoms. The molecule has 0 unspecified atom stereocenters. The van der Waals surface area contributed by atoms with Crippen molar-refractivity contribution in [2.45, 2.75) is 32.9 Å². The van der Waals surface area contributed by atoms with Crippen LogP contribution in [0.25, 0.3) is 11.0 Å². The first-order valence-electron chi connectivity index (χ1n) is 5.62. The number of aromatic amines is 1. The van der Waals surface area contributed by atoms with Crippen molar-refractivity contribution in [2.75, 3.05) is 0 Å². The molecule has 88 valence electrons. The first-order valence-corrected chi connectivity index (χ1v) is 5.62. The van der Waals surface area contributed by atoms with Crippen LogP contribution in [0.5, 0.6) is 0 Å². The van der Waals surface area contributed by atoms with Crippen LogP contribution >= 0.6 is 0 Å². The molecular formula is C13H16N4. The van der Waals surface area contributed by atoms with Crippen molar-refractivity contribution in [1.29, 1.82) is 5.26 Å². The normalized spacial score (nSPS) is 11.6. The molecule has 0 radical (unpaired) electrons. The molecule has 0 aliphatic rings. The number of benzene rings is 1. The Kier molecular flexibility index (Phi) is 2.86. The zero-order valence-corrected chi connectivity index (χ0v) is 10.3. The fourth-order valence-corrected chi connectivity index (χ4v) is 1.66. The van der Waals surface area contributed by atoms with E-state index in [4.69, 9.17) is 5.26 Å². The minimum Gasteiger partial charge on any atom is -0.342 e. The van der Waals surface area contributed by atoms with Crippen LogP contribution in [0.2, 0.25) is 0 Å². The zero-order valence-electron chi connectivity index (χ0n) is 10.3. The van der Waals surface area contributed by atoms with Gasteiger partial charge in [-0.2, -0.15) is 5.26 Å². The molecule has 1 heterocycles. The van der Waals surface area contributed by atoms with Crippen molar-refractivity contribution >= 4 is 11.0 Å². The summed E-state index contributed by atoms with van der Waals surface area (Å²) in [5, 5.41) is 12.1. The lowest BCUT2D eigenvalue weighted by Gasteiger charge is -2.17. The number of nitrogens with one attached hydrogen (secondary N) is 2. The molecule has 1 aromatic heterocycles. The molecule has 0 saturated carbocycles. The van der Waals surface area contributed by atoms with Crippen LogP contribution in [-0.2, 0) is 6.54 Å². The third-order valence-electron chi connectivity index (χ3n) is 2.68. The van der Waals surface area contributed by atoms with Gasteiger partial charge in [-0.3, -0.25) is 5.32 Å². The zero-order chi connectivity index (χ0) is 12.5. The molecule has 0 bridgehead atoms. The van der Waals surface area contributed by atoms with E-state index < -0.39 is 5.54 Å². The molecule has 0 spiro atoms. The van der Waals surface area contributed by atoms with E-state index in [1.165, 1.54) is 0 Å². The SMILES string of the molecule is Cc1nc2ccc(CNC(C)(C)C#N)cc2[nH]1. The maximum atomic E-state index is 8.92. The highest BCUT2D eigenvalue weighted by Gasteiger charge is 2.14. The van der Waals surface area contributed by atoms with Crippen LogP contribution in [0, 0.1) is 18.3 Å². The van der Waals surface area contributed by atoms with Gasteiger partial charge in [-0.1, -0.05) is 6.07 Å². The minimum absolute atomic E-state index is 0.501. The molecule has 0 aliphatic carbocycles. The molecule has 2 N–H and O–H groups in total. The van der Waals surface area contributed by atoms with Gasteiger partial charge in [-0.05, 0) is 38.5 Å². The standard InChI is InChI=1S/C13H16N4/c1-9-16-11-5-4-10(6-12(11)17-9)7-15-13(2,3)8-14/h4-6,15H,7H2,1-3H3,(H,16,17). The van der Waals surface area contributed by atoms with Gasteiger partial charge in [0.1, 0.15) is 11.4 Å². The third kappa shape index (κ3) is 2.63. The van der Waals surface area contributed by atoms with Gasteiger partial charge in [-0.15, -0.1) is 0 Å². The minimum atomic E-state index is -0.501. The second kappa shape index (κ2) is 4.19. The Labute approximate surface area is 101 Å². The average Bonchev–Trinajstić information content (AvgIpc) is 2.66. The van der Waals surface area contributed by atoms with Crippen molar-refractivity contribution in [3.63, 3.8) is 0 Å². The Balaban J connectivity index is 2.17. The molecule has 2 aromatic rings. The Morgan fingerprint density at radius 2 is 2.24 bits per heavy atom. The van der Waals surface area contributed by atoms with Crippen LogP contribution in [0.15, 0.2) is 18.2 Å². The maximum absolute atomic E-state index is 8.92. The Bertz CT molecular complexity index is 575. The maximum Gasteiger partial charge on any atom is 0.104 e. The van der Waals surface area contributed by atoms with E-state index >= 15 is 0 Å². The summed E-state index contributed by atoms with van der Waals surface area (Å²) in [5.74, 6) is 0.919. The number of hydrogen-bond donors (Lipinski definition) is 2. The highest BCUT2D eigenvalue weighted by molar-refractivity contribution is 5.75. The molecule has 0 aliphatic heterocycles. The number of fused-ring (bicyclic) bond motifs is 1. The van der Waals surface area contributed by atoms with E-state index in [2.05, 4.69) is 27.4 Å². The quantitative estimate of drug-likeness (QED) is 0.847. The summed E-state index contributed by atoms with van der Waals surface area (Å²) < 4.78 is 0. The van der Waals surface area contributed by atoms with Crippen molar-refractivity contribution in [3.05, 3.63) is 29.6 Å². The molecule has 4 nitrogen and oxygen atoms in total. The van der Waals surface area contributed by atoms with Gasteiger partial charge in [0.15, 0.2) is 0 Å². The highest BCUT2D eigenvalue weighted by atomic mass is 14.9. The second-order valence-electron chi connectivity index (χ2n) is 4.76. The van der Waals surface area contributed by atoms with E-state index in [9.17, 15) is 0 Å². The lowest BCUT2D eigenvalue weighted by atomic mass is 10.1. The summed E-state index contributed by atoms with van der Waals surface area (Å²) in [4.78, 5) is 7.56.